The molecule has 0 spiro atoms. The molecule has 5 aromatic rings. The molecule has 71 heavy (non-hydrogen) atoms. The fourth-order valence-corrected chi connectivity index (χ4v) is 14.2. The van der Waals surface area contributed by atoms with Gasteiger partial charge in [0.15, 0.2) is 24.8 Å². The lowest BCUT2D eigenvalue weighted by Crippen LogP contribution is -2.69. The van der Waals surface area contributed by atoms with Gasteiger partial charge in [0.1, 0.15) is 42.3 Å². The number of Topliss-reactive ketones (excluding diaryl/α,β-unsaturated/α-hetero) is 1. The Balaban J connectivity index is 1.21. The van der Waals surface area contributed by atoms with Crippen molar-refractivity contribution in [3.05, 3.63) is 177 Å². The van der Waals surface area contributed by atoms with Crippen LogP contribution in [0.5, 0.6) is 0 Å². The number of nitrogens with zero attached hydrogens (tertiary/aromatic N) is 3. The number of carbonyl (C=O) groups is 3. The van der Waals surface area contributed by atoms with E-state index in [1.165, 1.54) is 6.92 Å². The van der Waals surface area contributed by atoms with Gasteiger partial charge in [-0.3, -0.25) is 4.79 Å². The smallest absolute Gasteiger partial charge is 0.338 e. The summed E-state index contributed by atoms with van der Waals surface area (Å²) >= 11 is 3.50. The lowest BCUT2D eigenvalue weighted by Gasteiger charge is -2.48. The third-order valence-electron chi connectivity index (χ3n) is 12.8. The van der Waals surface area contributed by atoms with Gasteiger partial charge in [-0.1, -0.05) is 163 Å². The van der Waals surface area contributed by atoms with Crippen molar-refractivity contribution in [2.24, 2.45) is 5.11 Å². The minimum atomic E-state index is -3.28. The van der Waals surface area contributed by atoms with Gasteiger partial charge < -0.3 is 47.1 Å². The molecule has 0 N–H and O–H groups in total. The molecule has 10 atom stereocenters. The summed E-state index contributed by atoms with van der Waals surface area (Å²) in [5, 5.41) is 5.79. The average molecular weight is 1050 g/mol. The first-order valence-corrected chi connectivity index (χ1v) is 26.4. The van der Waals surface area contributed by atoms with Crippen molar-refractivity contribution in [2.75, 3.05) is 13.2 Å². The summed E-state index contributed by atoms with van der Waals surface area (Å²) in [5.74, 6) is -1.51. The van der Waals surface area contributed by atoms with Crippen molar-refractivity contribution in [1.82, 2.24) is 0 Å². The first kappa shape index (κ1) is 51.8. The molecule has 3 heterocycles. The number of azide groups is 1. The first-order valence-electron chi connectivity index (χ1n) is 23.7. The maximum Gasteiger partial charge on any atom is 0.338 e. The van der Waals surface area contributed by atoms with Crippen molar-refractivity contribution in [2.45, 2.75) is 120 Å². The third-order valence-corrected chi connectivity index (χ3v) is 18.4. The van der Waals surface area contributed by atoms with Gasteiger partial charge in [-0.05, 0) is 63.3 Å². The van der Waals surface area contributed by atoms with Crippen LogP contribution >= 0.6 is 15.9 Å². The Morgan fingerprint density at radius 2 is 1.28 bits per heavy atom. The summed E-state index contributed by atoms with van der Waals surface area (Å²) in [6.45, 7) is 7.81. The summed E-state index contributed by atoms with van der Waals surface area (Å²) in [7, 11) is -3.28. The second-order valence-electron chi connectivity index (χ2n) is 18.7. The van der Waals surface area contributed by atoms with E-state index in [9.17, 15) is 19.9 Å². The molecule has 3 fully saturated rings. The number of rotatable bonds is 20. The van der Waals surface area contributed by atoms with E-state index in [2.05, 4.69) is 71.0 Å². The monoisotopic (exact) mass is 1050 g/mol. The number of fused-ring (bicyclic) bond motifs is 2. The Morgan fingerprint density at radius 1 is 0.704 bits per heavy atom. The fraction of sp³-hybridized carbons (Fsp3) is 0.389. The van der Waals surface area contributed by atoms with Crippen LogP contribution in [0.4, 0.5) is 0 Å². The molecule has 15 nitrogen and oxygen atoms in total. The topological polar surface area (TPSA) is 183 Å². The molecule has 0 radical (unpaired) electrons. The molecule has 3 saturated heterocycles. The van der Waals surface area contributed by atoms with Crippen LogP contribution in [-0.4, -0.2) is 101 Å². The van der Waals surface area contributed by atoms with Gasteiger partial charge in [0.05, 0.1) is 38.4 Å². The van der Waals surface area contributed by atoms with Crippen LogP contribution < -0.4 is 10.4 Å². The number of halogens is 1. The molecule has 5 aromatic carbocycles. The highest BCUT2D eigenvalue weighted by Crippen LogP contribution is 2.41. The molecule has 0 aromatic heterocycles. The maximum atomic E-state index is 13.9. The second-order valence-corrected chi connectivity index (χ2v) is 24.0. The lowest BCUT2D eigenvalue weighted by molar-refractivity contribution is -0.323. The predicted molar refractivity (Wildman–Crippen MR) is 268 cm³/mol. The van der Waals surface area contributed by atoms with E-state index in [0.29, 0.717) is 5.56 Å². The predicted octanol–water partition coefficient (Wildman–Crippen LogP) is 8.55. The number of carbonyl (C=O) groups excluding carboxylic acids is 3. The van der Waals surface area contributed by atoms with Gasteiger partial charge in [-0.2, -0.15) is 0 Å². The Labute approximate surface area is 422 Å². The zero-order valence-corrected chi connectivity index (χ0v) is 42.6. The van der Waals surface area contributed by atoms with Gasteiger partial charge in [-0.15, -0.1) is 0 Å². The van der Waals surface area contributed by atoms with E-state index in [0.717, 1.165) is 26.0 Å². The summed E-state index contributed by atoms with van der Waals surface area (Å²) in [4.78, 5) is 43.1. The van der Waals surface area contributed by atoms with E-state index in [1.807, 2.05) is 91.0 Å². The van der Waals surface area contributed by atoms with Gasteiger partial charge in [-0.25, -0.2) is 4.79 Å². The van der Waals surface area contributed by atoms with E-state index in [1.54, 1.807) is 30.3 Å². The highest BCUT2D eigenvalue weighted by Gasteiger charge is 2.58. The molecule has 0 unspecified atom stereocenters. The van der Waals surface area contributed by atoms with E-state index < -0.39 is 86.6 Å². The van der Waals surface area contributed by atoms with E-state index in [4.69, 9.17) is 42.3 Å². The Hall–Kier alpha value is -5.56. The molecule has 3 aliphatic rings. The number of hydrogen-bond donors (Lipinski definition) is 0. The van der Waals surface area contributed by atoms with Crippen molar-refractivity contribution in [1.29, 1.82) is 0 Å². The number of benzene rings is 5. The molecular weight excluding hydrogens is 991 g/mol. The molecule has 8 rings (SSSR count). The molecule has 2 bridgehead atoms. The summed E-state index contributed by atoms with van der Waals surface area (Å²) < 4.78 is 60.8. The number of esters is 2. The molecule has 372 valence electrons. The van der Waals surface area contributed by atoms with Crippen LogP contribution in [0.3, 0.4) is 0 Å². The SMILES string of the molecule is CC(=O)CCC(=O)O[C@H]1[C@H](OCc2ccc(Br)cc2)[C@@H](N=[N+]=[N-])[C@@H](O[C@H]2[C@H](OCc3ccccc3)[C@@H](OC(=O)c3ccccc3)[C@H]3OC[C@@H]2O3)O[C@@H]1CO[Si](c1ccccc1)(c1ccccc1)C(C)(C)C. The van der Waals surface area contributed by atoms with Gasteiger partial charge in [0.2, 0.25) is 0 Å². The van der Waals surface area contributed by atoms with Crippen LogP contribution in [0.15, 0.2) is 155 Å². The minimum Gasteiger partial charge on any atom is -0.457 e. The van der Waals surface area contributed by atoms with E-state index in [-0.39, 0.29) is 45.1 Å². The number of hydrogen-bond acceptors (Lipinski definition) is 13. The van der Waals surface area contributed by atoms with Crippen LogP contribution in [-0.2, 0) is 65.1 Å². The van der Waals surface area contributed by atoms with Gasteiger partial charge >= 0.3 is 11.9 Å². The number of ether oxygens (including phenoxy) is 8. The molecule has 17 heteroatoms. The molecule has 0 amide bonds. The lowest BCUT2D eigenvalue weighted by atomic mass is 9.95. The molecular formula is C54H58BrN3O12Si. The fourth-order valence-electron chi connectivity index (χ4n) is 9.39. The quantitative estimate of drug-likeness (QED) is 0.0238. The zero-order chi connectivity index (χ0) is 50.0. The van der Waals surface area contributed by atoms with Crippen LogP contribution in [0.2, 0.25) is 5.04 Å². The average Bonchev–Trinajstić information content (AvgIpc) is 3.82. The zero-order valence-electron chi connectivity index (χ0n) is 40.0. The first-order chi connectivity index (χ1) is 34.3. The summed E-state index contributed by atoms with van der Waals surface area (Å²) in [6, 6.07) is 44.3. The van der Waals surface area contributed by atoms with Crippen molar-refractivity contribution in [3.63, 3.8) is 0 Å². The van der Waals surface area contributed by atoms with Crippen LogP contribution in [0.25, 0.3) is 10.4 Å². The van der Waals surface area contributed by atoms with Gasteiger partial charge in [0.25, 0.3) is 8.32 Å². The Kier molecular flexibility index (Phi) is 17.3. The third kappa shape index (κ3) is 12.4. The Morgan fingerprint density at radius 3 is 1.87 bits per heavy atom. The minimum absolute atomic E-state index is 0.00307. The molecule has 3 aliphatic heterocycles. The highest BCUT2D eigenvalue weighted by molar-refractivity contribution is 9.10. The Bertz CT molecular complexity index is 2550. The van der Waals surface area contributed by atoms with E-state index >= 15 is 0 Å². The second kappa shape index (κ2) is 23.8. The maximum absolute atomic E-state index is 13.9. The van der Waals surface area contributed by atoms with Crippen LogP contribution in [0, 0.1) is 0 Å². The normalized spacial score (nSPS) is 25.1. The standard InChI is InChI=1S/C54H58BrN3O12Si/c1-35(59)25-30-44(60)68-46-43(34-65-71(54(2,3)4,40-21-13-7-14-22-40)41-23-15-8-16-24-41)66-52(45(57-58-56)48(46)62-32-37-26-28-39(55)29-27-37)70-47-42-33-64-53(67-42)50(69-51(61)38-19-11-6-12-20-38)49(47)63-31-36-17-9-5-10-18-36/h5-24,26-29,42-43,45-50,52-53H,25,30-34H2,1-4H3/t42-,43+,45+,46+,47+,48+,49-,50+,52+,53-/m0/s1. The van der Waals surface area contributed by atoms with Crippen molar-refractivity contribution in [3.8, 4) is 0 Å². The molecule has 0 aliphatic carbocycles. The largest absolute Gasteiger partial charge is 0.457 e. The molecule has 0 saturated carbocycles. The van der Waals surface area contributed by atoms with Crippen molar-refractivity contribution >= 4 is 52.3 Å². The highest BCUT2D eigenvalue weighted by atomic mass is 79.9. The summed E-state index contributed by atoms with van der Waals surface area (Å²) in [6.07, 6.45) is -10.3. The van der Waals surface area contributed by atoms with Crippen LogP contribution in [0.1, 0.15) is 62.0 Å². The summed E-state index contributed by atoms with van der Waals surface area (Å²) in [5.41, 5.74) is 12.2. The van der Waals surface area contributed by atoms with Crippen molar-refractivity contribution < 1.29 is 56.7 Å². The number of ketones is 1. The van der Waals surface area contributed by atoms with Gasteiger partial charge in [0, 0.05) is 15.8 Å².